The van der Waals surface area contributed by atoms with E-state index in [9.17, 15) is 29.1 Å². The van der Waals surface area contributed by atoms with Crippen LogP contribution in [0.15, 0.2) is 54.6 Å². The standard InChI is InChI=1S/C26H31N5O6/c1-15(2)22-24(34)28-17-10-6-7-11-20(17)31(22)26(37)30-19(14-16-8-4-3-5-9-16)23(33)29-18(25(35)36)12-13-21(27)32/h3-11,15,18-19,22H,12-14H2,1-2H3,(H2,27,32)(H,28,34)(H,29,33)(H,30,37)(H,35,36)/t18-,19-,22+/m0/s1. The van der Waals surface area contributed by atoms with Crippen LogP contribution < -0.4 is 26.6 Å². The molecule has 196 valence electrons. The van der Waals surface area contributed by atoms with Crippen LogP contribution in [-0.4, -0.2) is 53.0 Å². The fourth-order valence-corrected chi connectivity index (χ4v) is 4.19. The van der Waals surface area contributed by atoms with Crippen LogP contribution in [0.1, 0.15) is 32.3 Å². The van der Waals surface area contributed by atoms with Gasteiger partial charge in [0.1, 0.15) is 18.1 Å². The minimum absolute atomic E-state index is 0.0641. The van der Waals surface area contributed by atoms with Crippen LogP contribution in [0.5, 0.6) is 0 Å². The molecule has 1 heterocycles. The monoisotopic (exact) mass is 509 g/mol. The number of primary amides is 1. The Morgan fingerprint density at radius 1 is 1.00 bits per heavy atom. The van der Waals surface area contributed by atoms with Crippen molar-refractivity contribution in [3.63, 3.8) is 0 Å². The van der Waals surface area contributed by atoms with Crippen LogP contribution in [0.25, 0.3) is 0 Å². The van der Waals surface area contributed by atoms with Gasteiger partial charge in [-0.25, -0.2) is 9.59 Å². The van der Waals surface area contributed by atoms with Crippen LogP contribution in [0.4, 0.5) is 16.2 Å². The van der Waals surface area contributed by atoms with Crippen molar-refractivity contribution in [1.82, 2.24) is 10.6 Å². The highest BCUT2D eigenvalue weighted by atomic mass is 16.4. The molecule has 6 N–H and O–H groups in total. The van der Waals surface area contributed by atoms with Crippen LogP contribution in [0.2, 0.25) is 0 Å². The molecular weight excluding hydrogens is 478 g/mol. The normalized spacial score (nSPS) is 16.2. The van der Waals surface area contributed by atoms with Crippen molar-refractivity contribution < 1.29 is 29.1 Å². The molecule has 3 atom stereocenters. The molecule has 0 aliphatic carbocycles. The Hall–Kier alpha value is -4.41. The van der Waals surface area contributed by atoms with Gasteiger partial charge in [0.2, 0.25) is 17.7 Å². The number of nitrogens with two attached hydrogens (primary N) is 1. The molecular formula is C26H31N5O6. The van der Waals surface area contributed by atoms with E-state index in [2.05, 4.69) is 16.0 Å². The van der Waals surface area contributed by atoms with Crippen molar-refractivity contribution in [2.75, 3.05) is 10.2 Å². The number of benzene rings is 2. The number of carbonyl (C=O) groups is 5. The SMILES string of the molecule is CC(C)[C@@H]1C(=O)Nc2ccccc2N1C(=O)N[C@@H](Cc1ccccc1)C(=O)N[C@@H](CCC(N)=O)C(=O)O. The summed E-state index contributed by atoms with van der Waals surface area (Å²) in [6, 6.07) is 11.7. The predicted molar refractivity (Wildman–Crippen MR) is 137 cm³/mol. The maximum Gasteiger partial charge on any atom is 0.326 e. The number of amides is 5. The highest BCUT2D eigenvalue weighted by molar-refractivity contribution is 6.12. The van der Waals surface area contributed by atoms with Crippen LogP contribution in [-0.2, 0) is 25.6 Å². The van der Waals surface area contributed by atoms with Crippen molar-refractivity contribution in [3.8, 4) is 0 Å². The third-order valence-corrected chi connectivity index (χ3v) is 6.01. The fourth-order valence-electron chi connectivity index (χ4n) is 4.19. The molecule has 0 saturated carbocycles. The Morgan fingerprint density at radius 3 is 2.27 bits per heavy atom. The van der Waals surface area contributed by atoms with Gasteiger partial charge in [0.15, 0.2) is 0 Å². The maximum absolute atomic E-state index is 13.6. The zero-order valence-electron chi connectivity index (χ0n) is 20.6. The first-order valence-corrected chi connectivity index (χ1v) is 11.9. The Labute approximate surface area is 214 Å². The van der Waals surface area contributed by atoms with E-state index in [0.717, 1.165) is 5.56 Å². The van der Waals surface area contributed by atoms with Gasteiger partial charge in [-0.3, -0.25) is 19.3 Å². The number of carboxylic acids is 1. The number of aliphatic carboxylic acids is 1. The Balaban J connectivity index is 1.90. The van der Waals surface area contributed by atoms with E-state index in [1.807, 2.05) is 13.8 Å². The van der Waals surface area contributed by atoms with Gasteiger partial charge >= 0.3 is 12.0 Å². The molecule has 0 saturated heterocycles. The lowest BCUT2D eigenvalue weighted by atomic mass is 9.97. The predicted octanol–water partition coefficient (Wildman–Crippen LogP) is 1.63. The Morgan fingerprint density at radius 2 is 1.65 bits per heavy atom. The molecule has 11 heteroatoms. The molecule has 0 bridgehead atoms. The summed E-state index contributed by atoms with van der Waals surface area (Å²) in [6.07, 6.45) is -0.366. The molecule has 0 aromatic heterocycles. The molecule has 0 fully saturated rings. The van der Waals surface area contributed by atoms with Gasteiger partial charge in [0, 0.05) is 12.8 Å². The number of nitrogens with one attached hydrogen (secondary N) is 3. The molecule has 2 aromatic carbocycles. The lowest BCUT2D eigenvalue weighted by Crippen LogP contribution is -2.60. The molecule has 37 heavy (non-hydrogen) atoms. The van der Waals surface area contributed by atoms with Crippen LogP contribution >= 0.6 is 0 Å². The summed E-state index contributed by atoms with van der Waals surface area (Å²) in [7, 11) is 0. The van der Waals surface area contributed by atoms with E-state index in [1.54, 1.807) is 54.6 Å². The zero-order valence-corrected chi connectivity index (χ0v) is 20.6. The number of carboxylic acid groups (broad SMARTS) is 1. The number of fused-ring (bicyclic) bond motifs is 1. The van der Waals surface area contributed by atoms with Crippen molar-refractivity contribution in [1.29, 1.82) is 0 Å². The Kier molecular flexibility index (Phi) is 8.83. The van der Waals surface area contributed by atoms with E-state index in [-0.39, 0.29) is 31.1 Å². The summed E-state index contributed by atoms with van der Waals surface area (Å²) in [5.41, 5.74) is 6.79. The molecule has 11 nitrogen and oxygen atoms in total. The van der Waals surface area contributed by atoms with Crippen LogP contribution in [0, 0.1) is 5.92 Å². The van der Waals surface area contributed by atoms with Crippen molar-refractivity contribution in [2.45, 2.75) is 51.2 Å². The van der Waals surface area contributed by atoms with Gasteiger partial charge in [-0.15, -0.1) is 0 Å². The largest absolute Gasteiger partial charge is 0.480 e. The molecule has 1 aliphatic rings. The number of para-hydroxylation sites is 2. The van der Waals surface area contributed by atoms with Gasteiger partial charge in [0.05, 0.1) is 11.4 Å². The molecule has 1 aliphatic heterocycles. The van der Waals surface area contributed by atoms with E-state index < -0.39 is 41.9 Å². The van der Waals surface area contributed by atoms with Gasteiger partial charge < -0.3 is 26.8 Å². The van der Waals surface area contributed by atoms with E-state index in [4.69, 9.17) is 5.73 Å². The van der Waals surface area contributed by atoms with Gasteiger partial charge in [-0.05, 0) is 30.0 Å². The number of nitrogens with zero attached hydrogens (tertiary/aromatic N) is 1. The van der Waals surface area contributed by atoms with Crippen molar-refractivity contribution >= 4 is 41.1 Å². The summed E-state index contributed by atoms with van der Waals surface area (Å²) in [5.74, 6) is -3.38. The van der Waals surface area contributed by atoms with Crippen LogP contribution in [0.3, 0.4) is 0 Å². The summed E-state index contributed by atoms with van der Waals surface area (Å²) < 4.78 is 0. The van der Waals surface area contributed by atoms with Gasteiger partial charge in [0.25, 0.3) is 0 Å². The number of hydrogen-bond acceptors (Lipinski definition) is 5. The highest BCUT2D eigenvalue weighted by Crippen LogP contribution is 2.34. The quantitative estimate of drug-likeness (QED) is 0.326. The molecule has 0 radical (unpaired) electrons. The molecule has 0 unspecified atom stereocenters. The first kappa shape index (κ1) is 27.2. The number of hydrogen-bond donors (Lipinski definition) is 5. The minimum Gasteiger partial charge on any atom is -0.480 e. The third kappa shape index (κ3) is 6.84. The molecule has 2 aromatic rings. The lowest BCUT2D eigenvalue weighted by molar-refractivity contribution is -0.142. The minimum atomic E-state index is -1.37. The van der Waals surface area contributed by atoms with Crippen molar-refractivity contribution in [3.05, 3.63) is 60.2 Å². The van der Waals surface area contributed by atoms with Gasteiger partial charge in [-0.2, -0.15) is 0 Å². The second-order valence-electron chi connectivity index (χ2n) is 9.16. The van der Waals surface area contributed by atoms with E-state index >= 15 is 0 Å². The lowest BCUT2D eigenvalue weighted by Gasteiger charge is -2.39. The highest BCUT2D eigenvalue weighted by Gasteiger charge is 2.40. The maximum atomic E-state index is 13.6. The number of anilines is 2. The van der Waals surface area contributed by atoms with Crippen molar-refractivity contribution in [2.24, 2.45) is 11.7 Å². The molecule has 0 spiro atoms. The van der Waals surface area contributed by atoms with Gasteiger partial charge in [-0.1, -0.05) is 56.3 Å². The van der Waals surface area contributed by atoms with E-state index in [0.29, 0.717) is 11.4 Å². The zero-order chi connectivity index (χ0) is 27.1. The Bertz CT molecular complexity index is 1170. The second-order valence-corrected chi connectivity index (χ2v) is 9.16. The first-order chi connectivity index (χ1) is 17.6. The first-order valence-electron chi connectivity index (χ1n) is 11.9. The fraction of sp³-hybridized carbons (Fsp3) is 0.346. The average Bonchev–Trinajstić information content (AvgIpc) is 2.85. The average molecular weight is 510 g/mol. The summed E-state index contributed by atoms with van der Waals surface area (Å²) in [4.78, 5) is 63.9. The number of rotatable bonds is 10. The van der Waals surface area contributed by atoms with E-state index in [1.165, 1.54) is 4.90 Å². The molecule has 5 amide bonds. The summed E-state index contributed by atoms with van der Waals surface area (Å²) in [6.45, 7) is 3.62. The topological polar surface area (TPSA) is 171 Å². The third-order valence-electron chi connectivity index (χ3n) is 6.01. The summed E-state index contributed by atoms with van der Waals surface area (Å²) >= 11 is 0. The smallest absolute Gasteiger partial charge is 0.326 e. The molecule has 3 rings (SSSR count). The number of carbonyl (C=O) groups excluding carboxylic acids is 4. The second kappa shape index (κ2) is 12.0. The summed E-state index contributed by atoms with van der Waals surface area (Å²) in [5, 5.41) is 17.4. The number of urea groups is 1.